The first-order chi connectivity index (χ1) is 14.4. The SMILES string of the molecule is CN(C(=O)c1ccc(Cl)c([N+](=O)[O-])c1)c1ccccc1C(=O)NCc1ccccc1. The van der Waals surface area contributed by atoms with E-state index in [1.165, 1.54) is 24.1 Å². The van der Waals surface area contributed by atoms with Crippen molar-refractivity contribution in [3.8, 4) is 0 Å². The number of hydrogen-bond donors (Lipinski definition) is 1. The van der Waals surface area contributed by atoms with E-state index in [2.05, 4.69) is 5.32 Å². The van der Waals surface area contributed by atoms with Crippen molar-refractivity contribution >= 4 is 34.8 Å². The number of benzene rings is 3. The Morgan fingerprint density at radius 3 is 2.40 bits per heavy atom. The number of carbonyl (C=O) groups excluding carboxylic acids is 2. The van der Waals surface area contributed by atoms with Crippen molar-refractivity contribution in [1.29, 1.82) is 0 Å². The molecule has 2 amide bonds. The maximum Gasteiger partial charge on any atom is 0.288 e. The van der Waals surface area contributed by atoms with Crippen molar-refractivity contribution in [2.75, 3.05) is 11.9 Å². The van der Waals surface area contributed by atoms with Crippen LogP contribution in [0.3, 0.4) is 0 Å². The second-order valence-electron chi connectivity index (χ2n) is 6.47. The summed E-state index contributed by atoms with van der Waals surface area (Å²) >= 11 is 5.83. The fourth-order valence-corrected chi connectivity index (χ4v) is 3.11. The molecule has 0 unspecified atom stereocenters. The lowest BCUT2D eigenvalue weighted by Crippen LogP contribution is -2.30. The van der Waals surface area contributed by atoms with Crippen molar-refractivity contribution < 1.29 is 14.5 Å². The predicted octanol–water partition coefficient (Wildman–Crippen LogP) is 4.45. The molecule has 8 heteroatoms. The molecule has 152 valence electrons. The molecule has 0 aliphatic carbocycles. The smallest absolute Gasteiger partial charge is 0.288 e. The highest BCUT2D eigenvalue weighted by molar-refractivity contribution is 6.32. The monoisotopic (exact) mass is 423 g/mol. The van der Waals surface area contributed by atoms with Crippen molar-refractivity contribution in [1.82, 2.24) is 5.32 Å². The molecular weight excluding hydrogens is 406 g/mol. The Morgan fingerprint density at radius 1 is 1.03 bits per heavy atom. The average molecular weight is 424 g/mol. The van der Waals surface area contributed by atoms with E-state index in [-0.39, 0.29) is 22.2 Å². The summed E-state index contributed by atoms with van der Waals surface area (Å²) in [6, 6.07) is 19.9. The van der Waals surface area contributed by atoms with Gasteiger partial charge in [0.15, 0.2) is 0 Å². The topological polar surface area (TPSA) is 92.6 Å². The molecule has 0 heterocycles. The first kappa shape index (κ1) is 21.0. The van der Waals surface area contributed by atoms with Crippen LogP contribution in [0.4, 0.5) is 11.4 Å². The molecule has 0 aliphatic rings. The summed E-state index contributed by atoms with van der Waals surface area (Å²) in [5.74, 6) is -0.839. The van der Waals surface area contributed by atoms with E-state index in [0.717, 1.165) is 11.6 Å². The van der Waals surface area contributed by atoms with Gasteiger partial charge in [-0.2, -0.15) is 0 Å². The van der Waals surface area contributed by atoms with Gasteiger partial charge in [0.05, 0.1) is 16.2 Å². The molecule has 0 bridgehead atoms. The summed E-state index contributed by atoms with van der Waals surface area (Å²) in [4.78, 5) is 37.4. The zero-order valence-corrected chi connectivity index (χ0v) is 16.8. The quantitative estimate of drug-likeness (QED) is 0.468. The molecule has 0 saturated heterocycles. The minimum atomic E-state index is -0.649. The maximum atomic E-state index is 12.9. The molecule has 0 saturated carbocycles. The third kappa shape index (κ3) is 4.64. The van der Waals surface area contributed by atoms with Gasteiger partial charge in [-0.05, 0) is 29.8 Å². The summed E-state index contributed by atoms with van der Waals surface area (Å²) in [6.45, 7) is 0.342. The number of hydrogen-bond acceptors (Lipinski definition) is 4. The summed E-state index contributed by atoms with van der Waals surface area (Å²) in [5, 5.41) is 13.9. The van der Waals surface area contributed by atoms with Gasteiger partial charge in [0.2, 0.25) is 0 Å². The van der Waals surface area contributed by atoms with Gasteiger partial charge in [-0.3, -0.25) is 19.7 Å². The summed E-state index contributed by atoms with van der Waals surface area (Å²) in [6.07, 6.45) is 0. The van der Waals surface area contributed by atoms with Crippen LogP contribution in [0.25, 0.3) is 0 Å². The van der Waals surface area contributed by atoms with E-state index in [0.29, 0.717) is 17.8 Å². The molecule has 0 aliphatic heterocycles. The third-order valence-corrected chi connectivity index (χ3v) is 4.82. The van der Waals surface area contributed by atoms with Gasteiger partial charge in [-0.1, -0.05) is 54.1 Å². The number of halogens is 1. The maximum absolute atomic E-state index is 12.9. The van der Waals surface area contributed by atoms with Crippen LogP contribution in [0.15, 0.2) is 72.8 Å². The number of nitro groups is 1. The normalized spacial score (nSPS) is 10.3. The minimum absolute atomic E-state index is 0.0557. The summed E-state index contributed by atoms with van der Waals surface area (Å²) < 4.78 is 0. The lowest BCUT2D eigenvalue weighted by molar-refractivity contribution is -0.384. The largest absolute Gasteiger partial charge is 0.348 e. The summed E-state index contributed by atoms with van der Waals surface area (Å²) in [7, 11) is 1.51. The molecule has 7 nitrogen and oxygen atoms in total. The van der Waals surface area contributed by atoms with E-state index in [4.69, 9.17) is 11.6 Å². The van der Waals surface area contributed by atoms with Crippen LogP contribution in [-0.2, 0) is 6.54 Å². The molecule has 3 aromatic carbocycles. The molecule has 1 N–H and O–H groups in total. The Hall–Kier alpha value is -3.71. The minimum Gasteiger partial charge on any atom is -0.348 e. The van der Waals surface area contributed by atoms with Crippen LogP contribution in [0, 0.1) is 10.1 Å². The van der Waals surface area contributed by atoms with Gasteiger partial charge in [0, 0.05) is 25.2 Å². The van der Waals surface area contributed by atoms with Crippen LogP contribution < -0.4 is 10.2 Å². The fourth-order valence-electron chi connectivity index (χ4n) is 2.92. The number of carbonyl (C=O) groups is 2. The standard InChI is InChI=1S/C22H18ClN3O4/c1-25(22(28)16-11-12-18(23)20(13-16)26(29)30)19-10-6-5-9-17(19)21(27)24-14-15-7-3-2-4-8-15/h2-13H,14H2,1H3,(H,24,27). The lowest BCUT2D eigenvalue weighted by Gasteiger charge is -2.20. The highest BCUT2D eigenvalue weighted by Crippen LogP contribution is 2.27. The summed E-state index contributed by atoms with van der Waals surface area (Å²) in [5.41, 5.74) is 1.37. The van der Waals surface area contributed by atoms with Crippen LogP contribution >= 0.6 is 11.6 Å². The van der Waals surface area contributed by atoms with Crippen LogP contribution in [-0.4, -0.2) is 23.8 Å². The highest BCUT2D eigenvalue weighted by Gasteiger charge is 2.22. The number of nitrogens with zero attached hydrogens (tertiary/aromatic N) is 2. The van der Waals surface area contributed by atoms with E-state index in [1.807, 2.05) is 30.3 Å². The number of para-hydroxylation sites is 1. The average Bonchev–Trinajstić information content (AvgIpc) is 2.77. The van der Waals surface area contributed by atoms with E-state index >= 15 is 0 Å². The van der Waals surface area contributed by atoms with Gasteiger partial charge in [0.25, 0.3) is 17.5 Å². The fraction of sp³-hybridized carbons (Fsp3) is 0.0909. The third-order valence-electron chi connectivity index (χ3n) is 4.50. The lowest BCUT2D eigenvalue weighted by atomic mass is 10.1. The number of anilines is 1. The van der Waals surface area contributed by atoms with Gasteiger partial charge in [0.1, 0.15) is 5.02 Å². The molecular formula is C22H18ClN3O4. The predicted molar refractivity (Wildman–Crippen MR) is 115 cm³/mol. The Balaban J connectivity index is 1.84. The van der Waals surface area contributed by atoms with Crippen molar-refractivity contribution in [3.63, 3.8) is 0 Å². The second kappa shape index (κ2) is 9.19. The van der Waals surface area contributed by atoms with E-state index in [1.54, 1.807) is 24.3 Å². The first-order valence-corrected chi connectivity index (χ1v) is 9.39. The first-order valence-electron chi connectivity index (χ1n) is 9.01. The number of amides is 2. The van der Waals surface area contributed by atoms with Crippen LogP contribution in [0.2, 0.25) is 5.02 Å². The number of nitro benzene ring substituents is 1. The highest BCUT2D eigenvalue weighted by atomic mass is 35.5. The van der Waals surface area contributed by atoms with Crippen molar-refractivity contribution in [2.45, 2.75) is 6.54 Å². The van der Waals surface area contributed by atoms with E-state index < -0.39 is 10.8 Å². The van der Waals surface area contributed by atoms with Gasteiger partial charge < -0.3 is 10.2 Å². The second-order valence-corrected chi connectivity index (χ2v) is 6.88. The molecule has 0 spiro atoms. The van der Waals surface area contributed by atoms with Gasteiger partial charge in [-0.15, -0.1) is 0 Å². The van der Waals surface area contributed by atoms with Gasteiger partial charge >= 0.3 is 0 Å². The van der Waals surface area contributed by atoms with Crippen molar-refractivity contribution in [2.24, 2.45) is 0 Å². The van der Waals surface area contributed by atoms with Crippen LogP contribution in [0.1, 0.15) is 26.3 Å². The number of nitrogens with one attached hydrogen (secondary N) is 1. The molecule has 3 rings (SSSR count). The van der Waals surface area contributed by atoms with Gasteiger partial charge in [-0.25, -0.2) is 0 Å². The Kier molecular flexibility index (Phi) is 6.44. The van der Waals surface area contributed by atoms with Crippen LogP contribution in [0.5, 0.6) is 0 Å². The Bertz CT molecular complexity index is 1100. The van der Waals surface area contributed by atoms with Crippen molar-refractivity contribution in [3.05, 3.63) is 105 Å². The zero-order chi connectivity index (χ0) is 21.7. The molecule has 30 heavy (non-hydrogen) atoms. The van der Waals surface area contributed by atoms with E-state index in [9.17, 15) is 19.7 Å². The zero-order valence-electron chi connectivity index (χ0n) is 16.0. The Labute approximate surface area is 178 Å². The molecule has 0 atom stereocenters. The number of rotatable bonds is 6. The Morgan fingerprint density at radius 2 is 1.70 bits per heavy atom. The molecule has 0 radical (unpaired) electrons. The molecule has 3 aromatic rings. The molecule has 0 fully saturated rings. The molecule has 0 aromatic heterocycles.